The molecule has 3 nitrogen and oxygen atoms in total. The first-order valence-electron chi connectivity index (χ1n) is 5.99. The van der Waals surface area contributed by atoms with E-state index in [1.54, 1.807) is 25.1 Å². The molecule has 0 aliphatic heterocycles. The molecule has 1 N–H and O–H groups in total. The van der Waals surface area contributed by atoms with Crippen LogP contribution in [0.1, 0.15) is 11.1 Å². The fourth-order valence-electron chi connectivity index (χ4n) is 1.79. The Bertz CT molecular complexity index is 779. The SMILES string of the molecule is Cc1ccc(Br)cc1S(=O)(=O)NCc1cc(F)ccc1Br. The maximum absolute atomic E-state index is 13.2. The van der Waals surface area contributed by atoms with E-state index >= 15 is 0 Å². The highest BCUT2D eigenvalue weighted by atomic mass is 79.9. The first kappa shape index (κ1) is 16.6. The minimum absolute atomic E-state index is 0.00658. The molecular formula is C14H12Br2FNO2S. The molecule has 2 aromatic rings. The Morgan fingerprint density at radius 2 is 1.86 bits per heavy atom. The third kappa shape index (κ3) is 4.12. The van der Waals surface area contributed by atoms with Crippen LogP contribution in [-0.4, -0.2) is 8.42 Å². The molecule has 0 aromatic heterocycles. The number of hydrogen-bond donors (Lipinski definition) is 1. The van der Waals surface area contributed by atoms with Crippen molar-refractivity contribution in [3.63, 3.8) is 0 Å². The van der Waals surface area contributed by atoms with E-state index in [-0.39, 0.29) is 11.4 Å². The molecule has 0 heterocycles. The molecule has 0 unspecified atom stereocenters. The molecule has 0 radical (unpaired) electrons. The minimum atomic E-state index is -3.66. The van der Waals surface area contributed by atoms with Gasteiger partial charge < -0.3 is 0 Å². The van der Waals surface area contributed by atoms with Crippen molar-refractivity contribution in [3.8, 4) is 0 Å². The second-order valence-electron chi connectivity index (χ2n) is 4.47. The number of hydrogen-bond acceptors (Lipinski definition) is 2. The molecule has 0 saturated carbocycles. The Balaban J connectivity index is 2.26. The normalized spacial score (nSPS) is 11.6. The summed E-state index contributed by atoms with van der Waals surface area (Å²) in [6.07, 6.45) is 0. The molecule has 0 aliphatic rings. The van der Waals surface area contributed by atoms with Crippen LogP contribution >= 0.6 is 31.9 Å². The van der Waals surface area contributed by atoms with Crippen LogP contribution < -0.4 is 4.72 Å². The van der Waals surface area contributed by atoms with Crippen molar-refractivity contribution in [2.24, 2.45) is 0 Å². The van der Waals surface area contributed by atoms with E-state index < -0.39 is 15.8 Å². The summed E-state index contributed by atoms with van der Waals surface area (Å²) < 4.78 is 41.7. The van der Waals surface area contributed by atoms with Crippen LogP contribution in [0.15, 0.2) is 50.2 Å². The van der Waals surface area contributed by atoms with Gasteiger partial charge in [0.2, 0.25) is 10.0 Å². The topological polar surface area (TPSA) is 46.2 Å². The molecular weight excluding hydrogens is 425 g/mol. The van der Waals surface area contributed by atoms with E-state index in [4.69, 9.17) is 0 Å². The summed E-state index contributed by atoms with van der Waals surface area (Å²) in [6.45, 7) is 1.73. The third-order valence-corrected chi connectivity index (χ3v) is 5.71. The highest BCUT2D eigenvalue weighted by Crippen LogP contribution is 2.22. The lowest BCUT2D eigenvalue weighted by atomic mass is 10.2. The van der Waals surface area contributed by atoms with Crippen molar-refractivity contribution < 1.29 is 12.8 Å². The lowest BCUT2D eigenvalue weighted by Crippen LogP contribution is -2.24. The van der Waals surface area contributed by atoms with E-state index in [0.717, 1.165) is 0 Å². The van der Waals surface area contributed by atoms with E-state index in [1.165, 1.54) is 18.2 Å². The van der Waals surface area contributed by atoms with Gasteiger partial charge in [-0.15, -0.1) is 0 Å². The summed E-state index contributed by atoms with van der Waals surface area (Å²) in [5.74, 6) is -0.411. The Hall–Kier alpha value is -0.760. The Labute approximate surface area is 139 Å². The molecule has 2 rings (SSSR count). The number of aryl methyl sites for hydroxylation is 1. The van der Waals surface area contributed by atoms with Crippen LogP contribution in [0.25, 0.3) is 0 Å². The quantitative estimate of drug-likeness (QED) is 0.782. The fraction of sp³-hybridized carbons (Fsp3) is 0.143. The van der Waals surface area contributed by atoms with Gasteiger partial charge in [0.05, 0.1) is 4.90 Å². The average Bonchev–Trinajstić information content (AvgIpc) is 2.42. The van der Waals surface area contributed by atoms with Crippen molar-refractivity contribution in [2.75, 3.05) is 0 Å². The summed E-state index contributed by atoms with van der Waals surface area (Å²) in [5.41, 5.74) is 1.18. The Morgan fingerprint density at radius 1 is 1.14 bits per heavy atom. The Kier molecular flexibility index (Phi) is 5.19. The van der Waals surface area contributed by atoms with Gasteiger partial charge in [0.25, 0.3) is 0 Å². The zero-order valence-corrected chi connectivity index (χ0v) is 15.0. The molecule has 0 saturated heterocycles. The van der Waals surface area contributed by atoms with Gasteiger partial charge in [0.15, 0.2) is 0 Å². The molecule has 112 valence electrons. The summed E-state index contributed by atoms with van der Waals surface area (Å²) >= 11 is 6.53. The molecule has 0 bridgehead atoms. The van der Waals surface area contributed by atoms with Gasteiger partial charge in [-0.2, -0.15) is 0 Å². The van der Waals surface area contributed by atoms with E-state index in [9.17, 15) is 12.8 Å². The van der Waals surface area contributed by atoms with Crippen molar-refractivity contribution in [1.82, 2.24) is 4.72 Å². The standard InChI is InChI=1S/C14H12Br2FNO2S/c1-9-2-3-11(15)7-14(9)21(19,20)18-8-10-6-12(17)4-5-13(10)16/h2-7,18H,8H2,1H3. The maximum Gasteiger partial charge on any atom is 0.241 e. The highest BCUT2D eigenvalue weighted by Gasteiger charge is 2.17. The number of rotatable bonds is 4. The molecule has 0 fully saturated rings. The van der Waals surface area contributed by atoms with Crippen molar-refractivity contribution >= 4 is 41.9 Å². The van der Waals surface area contributed by atoms with Gasteiger partial charge in [-0.1, -0.05) is 37.9 Å². The summed E-state index contributed by atoms with van der Waals surface area (Å²) in [6, 6.07) is 9.18. The van der Waals surface area contributed by atoms with Crippen molar-refractivity contribution in [1.29, 1.82) is 0 Å². The van der Waals surface area contributed by atoms with Crippen LogP contribution in [0.4, 0.5) is 4.39 Å². The molecule has 0 atom stereocenters. The first-order valence-corrected chi connectivity index (χ1v) is 9.06. The summed E-state index contributed by atoms with van der Waals surface area (Å²) in [5, 5.41) is 0. The largest absolute Gasteiger partial charge is 0.241 e. The van der Waals surface area contributed by atoms with Crippen LogP contribution in [0.3, 0.4) is 0 Å². The molecule has 0 aliphatic carbocycles. The van der Waals surface area contributed by atoms with Gasteiger partial charge in [0, 0.05) is 15.5 Å². The number of halogens is 3. The minimum Gasteiger partial charge on any atom is -0.207 e. The van der Waals surface area contributed by atoms with E-state index in [2.05, 4.69) is 36.6 Å². The van der Waals surface area contributed by atoms with Crippen LogP contribution in [0.5, 0.6) is 0 Å². The molecule has 2 aromatic carbocycles. The second-order valence-corrected chi connectivity index (χ2v) is 7.98. The van der Waals surface area contributed by atoms with E-state index in [0.29, 0.717) is 20.1 Å². The summed E-state index contributed by atoms with van der Waals surface area (Å²) in [4.78, 5) is 0.199. The van der Waals surface area contributed by atoms with Crippen molar-refractivity contribution in [3.05, 3.63) is 62.3 Å². The molecule has 21 heavy (non-hydrogen) atoms. The summed E-state index contributed by atoms with van der Waals surface area (Å²) in [7, 11) is -3.66. The van der Waals surface area contributed by atoms with E-state index in [1.807, 2.05) is 0 Å². The Morgan fingerprint density at radius 3 is 2.57 bits per heavy atom. The van der Waals surface area contributed by atoms with Gasteiger partial charge >= 0.3 is 0 Å². The second kappa shape index (κ2) is 6.56. The van der Waals surface area contributed by atoms with Gasteiger partial charge in [-0.3, -0.25) is 0 Å². The number of nitrogens with one attached hydrogen (secondary N) is 1. The highest BCUT2D eigenvalue weighted by molar-refractivity contribution is 9.10. The van der Waals surface area contributed by atoms with Gasteiger partial charge in [0.1, 0.15) is 5.82 Å². The number of sulfonamides is 1. The molecule has 7 heteroatoms. The molecule has 0 spiro atoms. The van der Waals surface area contributed by atoms with Gasteiger partial charge in [-0.25, -0.2) is 17.5 Å². The van der Waals surface area contributed by atoms with Crippen LogP contribution in [0.2, 0.25) is 0 Å². The predicted octanol–water partition coefficient (Wildman–Crippen LogP) is 4.14. The van der Waals surface area contributed by atoms with Crippen molar-refractivity contribution in [2.45, 2.75) is 18.4 Å². The van der Waals surface area contributed by atoms with Gasteiger partial charge in [-0.05, 0) is 48.4 Å². The zero-order chi connectivity index (χ0) is 15.6. The first-order chi connectivity index (χ1) is 9.79. The zero-order valence-electron chi connectivity index (χ0n) is 11.0. The molecule has 0 amide bonds. The lowest BCUT2D eigenvalue weighted by Gasteiger charge is -2.11. The van der Waals surface area contributed by atoms with Crippen LogP contribution in [-0.2, 0) is 16.6 Å². The monoisotopic (exact) mass is 435 g/mol. The smallest absolute Gasteiger partial charge is 0.207 e. The lowest BCUT2D eigenvalue weighted by molar-refractivity contribution is 0.579. The number of benzene rings is 2. The third-order valence-electron chi connectivity index (χ3n) is 2.90. The van der Waals surface area contributed by atoms with Crippen LogP contribution in [0, 0.1) is 12.7 Å². The predicted molar refractivity (Wildman–Crippen MR) is 87.0 cm³/mol. The average molecular weight is 437 g/mol. The fourth-order valence-corrected chi connectivity index (χ4v) is 3.97. The maximum atomic E-state index is 13.2.